The van der Waals surface area contributed by atoms with Crippen LogP contribution < -0.4 is 10.2 Å². The molecule has 2 unspecified atom stereocenters. The van der Waals surface area contributed by atoms with E-state index in [-0.39, 0.29) is 23.9 Å². The zero-order valence-corrected chi connectivity index (χ0v) is 17.4. The molecule has 0 saturated carbocycles. The van der Waals surface area contributed by atoms with Crippen molar-refractivity contribution in [1.82, 2.24) is 9.97 Å². The minimum atomic E-state index is -0.0554. The van der Waals surface area contributed by atoms with Crippen molar-refractivity contribution in [2.24, 2.45) is 0 Å². The summed E-state index contributed by atoms with van der Waals surface area (Å²) < 4.78 is 5.79. The van der Waals surface area contributed by atoms with Gasteiger partial charge in [-0.2, -0.15) is 0 Å². The SMILES string of the molecule is CC1CN(c2cc(SCC(=O)Nc3cccc4ccccc34)ncn2)CC(C)O1. The van der Waals surface area contributed by atoms with Gasteiger partial charge in [0.25, 0.3) is 0 Å². The lowest BCUT2D eigenvalue weighted by molar-refractivity contribution is -0.113. The van der Waals surface area contributed by atoms with E-state index in [1.165, 1.54) is 11.8 Å². The maximum Gasteiger partial charge on any atom is 0.234 e. The quantitative estimate of drug-likeness (QED) is 0.509. The summed E-state index contributed by atoms with van der Waals surface area (Å²) in [5, 5.41) is 5.94. The summed E-state index contributed by atoms with van der Waals surface area (Å²) in [5.74, 6) is 1.11. The summed E-state index contributed by atoms with van der Waals surface area (Å²) in [7, 11) is 0. The van der Waals surface area contributed by atoms with Crippen LogP contribution in [0.25, 0.3) is 10.8 Å². The van der Waals surface area contributed by atoms with Gasteiger partial charge in [0, 0.05) is 30.2 Å². The lowest BCUT2D eigenvalue weighted by atomic mass is 10.1. The van der Waals surface area contributed by atoms with Gasteiger partial charge in [-0.3, -0.25) is 4.79 Å². The summed E-state index contributed by atoms with van der Waals surface area (Å²) in [4.78, 5) is 23.4. The number of hydrogen-bond donors (Lipinski definition) is 1. The van der Waals surface area contributed by atoms with E-state index in [0.29, 0.717) is 0 Å². The average molecular weight is 409 g/mol. The van der Waals surface area contributed by atoms with E-state index in [1.54, 1.807) is 6.33 Å². The maximum atomic E-state index is 12.5. The van der Waals surface area contributed by atoms with Crippen molar-refractivity contribution in [3.63, 3.8) is 0 Å². The normalized spacial score (nSPS) is 19.3. The summed E-state index contributed by atoms with van der Waals surface area (Å²) in [6, 6.07) is 15.9. The molecule has 1 aliphatic rings. The summed E-state index contributed by atoms with van der Waals surface area (Å²) in [6.45, 7) is 5.73. The van der Waals surface area contributed by atoms with E-state index < -0.39 is 0 Å². The van der Waals surface area contributed by atoms with Crippen molar-refractivity contribution < 1.29 is 9.53 Å². The molecule has 3 aromatic rings. The third kappa shape index (κ3) is 4.86. The second-order valence-electron chi connectivity index (χ2n) is 7.24. The first-order valence-electron chi connectivity index (χ1n) is 9.71. The van der Waals surface area contributed by atoms with E-state index in [0.717, 1.165) is 40.4 Å². The molecule has 4 rings (SSSR count). The molecule has 2 heterocycles. The Labute approximate surface area is 174 Å². The molecule has 0 spiro atoms. The van der Waals surface area contributed by atoms with Crippen LogP contribution in [0.5, 0.6) is 0 Å². The van der Waals surface area contributed by atoms with Crippen LogP contribution in [0.3, 0.4) is 0 Å². The van der Waals surface area contributed by atoms with Crippen LogP contribution in [-0.2, 0) is 9.53 Å². The summed E-state index contributed by atoms with van der Waals surface area (Å²) in [5.41, 5.74) is 0.827. The molecule has 1 aliphatic heterocycles. The highest BCUT2D eigenvalue weighted by molar-refractivity contribution is 7.99. The Hall–Kier alpha value is -2.64. The van der Waals surface area contributed by atoms with E-state index in [4.69, 9.17) is 4.74 Å². The van der Waals surface area contributed by atoms with Crippen molar-refractivity contribution in [2.45, 2.75) is 31.1 Å². The lowest BCUT2D eigenvalue weighted by Crippen LogP contribution is -2.45. The third-order valence-electron chi connectivity index (χ3n) is 4.79. The second kappa shape index (κ2) is 8.80. The Morgan fingerprint density at radius 3 is 2.72 bits per heavy atom. The summed E-state index contributed by atoms with van der Waals surface area (Å²) >= 11 is 1.41. The number of benzene rings is 2. The molecular formula is C22H24N4O2S. The first kappa shape index (κ1) is 19.7. The number of ether oxygens (including phenoxy) is 1. The third-order valence-corrected chi connectivity index (χ3v) is 5.71. The molecule has 2 atom stereocenters. The molecule has 7 heteroatoms. The number of nitrogens with one attached hydrogen (secondary N) is 1. The fourth-order valence-electron chi connectivity index (χ4n) is 3.61. The number of morpholine rings is 1. The number of thioether (sulfide) groups is 1. The minimum Gasteiger partial charge on any atom is -0.372 e. The Balaban J connectivity index is 1.39. The molecule has 1 N–H and O–H groups in total. The van der Waals surface area contributed by atoms with Crippen molar-refractivity contribution in [1.29, 1.82) is 0 Å². The van der Waals surface area contributed by atoms with Crippen LogP contribution in [0.15, 0.2) is 59.9 Å². The van der Waals surface area contributed by atoms with Crippen LogP contribution in [0.1, 0.15) is 13.8 Å². The highest BCUT2D eigenvalue weighted by Gasteiger charge is 2.23. The van der Waals surface area contributed by atoms with Gasteiger partial charge in [-0.05, 0) is 25.3 Å². The van der Waals surface area contributed by atoms with Gasteiger partial charge in [0.15, 0.2) is 0 Å². The Morgan fingerprint density at radius 2 is 1.90 bits per heavy atom. The van der Waals surface area contributed by atoms with Crippen LogP contribution >= 0.6 is 11.8 Å². The van der Waals surface area contributed by atoms with Gasteiger partial charge in [-0.1, -0.05) is 48.2 Å². The Morgan fingerprint density at radius 1 is 1.14 bits per heavy atom. The van der Waals surface area contributed by atoms with Crippen LogP contribution in [-0.4, -0.2) is 46.9 Å². The fourth-order valence-corrected chi connectivity index (χ4v) is 4.27. The molecular weight excluding hydrogens is 384 g/mol. The monoisotopic (exact) mass is 408 g/mol. The molecule has 0 radical (unpaired) electrons. The largest absolute Gasteiger partial charge is 0.372 e. The first-order valence-corrected chi connectivity index (χ1v) is 10.7. The highest BCUT2D eigenvalue weighted by Crippen LogP contribution is 2.25. The van der Waals surface area contributed by atoms with Crippen molar-refractivity contribution in [2.75, 3.05) is 29.1 Å². The van der Waals surface area contributed by atoms with E-state index in [9.17, 15) is 4.79 Å². The van der Waals surface area contributed by atoms with E-state index >= 15 is 0 Å². The molecule has 2 aromatic carbocycles. The molecule has 150 valence electrons. The smallest absolute Gasteiger partial charge is 0.234 e. The minimum absolute atomic E-state index is 0.0554. The number of amides is 1. The van der Waals surface area contributed by atoms with Gasteiger partial charge in [0.05, 0.1) is 18.0 Å². The van der Waals surface area contributed by atoms with Crippen LogP contribution in [0.4, 0.5) is 11.5 Å². The number of carbonyl (C=O) groups is 1. The Bertz CT molecular complexity index is 998. The topological polar surface area (TPSA) is 67.4 Å². The first-order chi connectivity index (χ1) is 14.1. The zero-order valence-electron chi connectivity index (χ0n) is 16.5. The zero-order chi connectivity index (χ0) is 20.2. The number of fused-ring (bicyclic) bond motifs is 1. The van der Waals surface area contributed by atoms with Crippen molar-refractivity contribution in [3.8, 4) is 0 Å². The van der Waals surface area contributed by atoms with Gasteiger partial charge in [-0.25, -0.2) is 9.97 Å². The number of rotatable bonds is 5. The average Bonchev–Trinajstić information content (AvgIpc) is 2.72. The van der Waals surface area contributed by atoms with Gasteiger partial charge in [0.2, 0.25) is 5.91 Å². The van der Waals surface area contributed by atoms with Crippen molar-refractivity contribution >= 4 is 39.9 Å². The standard InChI is InChI=1S/C22H24N4O2S/c1-15-11-26(12-16(2)28-15)20-10-22(24-14-23-20)29-13-21(27)25-19-9-5-7-17-6-3-4-8-18(17)19/h3-10,14-16H,11-13H2,1-2H3,(H,25,27). The fraction of sp³-hybridized carbons (Fsp3) is 0.318. The molecule has 29 heavy (non-hydrogen) atoms. The molecule has 1 aromatic heterocycles. The number of nitrogens with zero attached hydrogens (tertiary/aromatic N) is 3. The number of anilines is 2. The second-order valence-corrected chi connectivity index (χ2v) is 8.24. The van der Waals surface area contributed by atoms with Gasteiger partial charge < -0.3 is 15.0 Å². The molecule has 1 amide bonds. The van der Waals surface area contributed by atoms with Gasteiger partial charge in [0.1, 0.15) is 17.2 Å². The van der Waals surface area contributed by atoms with Gasteiger partial charge in [-0.15, -0.1) is 0 Å². The molecule has 0 bridgehead atoms. The van der Waals surface area contributed by atoms with E-state index in [1.807, 2.05) is 48.5 Å². The van der Waals surface area contributed by atoms with E-state index in [2.05, 4.69) is 34.0 Å². The molecule has 1 saturated heterocycles. The number of hydrogen-bond acceptors (Lipinski definition) is 6. The summed E-state index contributed by atoms with van der Waals surface area (Å²) in [6.07, 6.45) is 1.89. The number of carbonyl (C=O) groups excluding carboxylic acids is 1. The van der Waals surface area contributed by atoms with Crippen molar-refractivity contribution in [3.05, 3.63) is 54.9 Å². The predicted octanol–water partition coefficient (Wildman–Crippen LogP) is 3.97. The van der Waals surface area contributed by atoms with Crippen LogP contribution in [0.2, 0.25) is 0 Å². The predicted molar refractivity (Wildman–Crippen MR) is 118 cm³/mol. The molecule has 6 nitrogen and oxygen atoms in total. The highest BCUT2D eigenvalue weighted by atomic mass is 32.2. The molecule has 1 fully saturated rings. The Kier molecular flexibility index (Phi) is 5.97. The molecule has 0 aliphatic carbocycles. The number of aromatic nitrogens is 2. The van der Waals surface area contributed by atoms with Crippen LogP contribution in [0, 0.1) is 0 Å². The van der Waals surface area contributed by atoms with Gasteiger partial charge >= 0.3 is 0 Å². The lowest BCUT2D eigenvalue weighted by Gasteiger charge is -2.36. The maximum absolute atomic E-state index is 12.5.